The monoisotopic (exact) mass is 399 g/mol. The Morgan fingerprint density at radius 2 is 1.80 bits per heavy atom. The summed E-state index contributed by atoms with van der Waals surface area (Å²) in [6.45, 7) is 7.66. The molecule has 152 valence electrons. The summed E-state index contributed by atoms with van der Waals surface area (Å²) in [7, 11) is 0. The molecule has 1 aliphatic rings. The number of aliphatic hydroxyl groups is 1. The highest BCUT2D eigenvalue weighted by molar-refractivity contribution is 5.76. The van der Waals surface area contributed by atoms with Crippen LogP contribution < -0.4 is 0 Å². The summed E-state index contributed by atoms with van der Waals surface area (Å²) in [6, 6.07) is 10.9. The van der Waals surface area contributed by atoms with Crippen molar-refractivity contribution in [2.24, 2.45) is 0 Å². The first-order valence-corrected chi connectivity index (χ1v) is 10.3. The summed E-state index contributed by atoms with van der Waals surface area (Å²) < 4.78 is 2.30. The van der Waals surface area contributed by atoms with Gasteiger partial charge in [0.1, 0.15) is 16.9 Å². The minimum atomic E-state index is -1.07. The van der Waals surface area contributed by atoms with Crippen LogP contribution in [0.3, 0.4) is 0 Å². The van der Waals surface area contributed by atoms with Crippen LogP contribution >= 0.6 is 0 Å². The fraction of sp³-hybridized carbons (Fsp3) is 0.333. The van der Waals surface area contributed by atoms with E-state index in [1.165, 1.54) is 16.7 Å². The molecule has 6 heteroatoms. The SMILES string of the molecule is Cc1ccc(C)c(C2CCc3nc4ccc(-c5cnc(C(C)(C)O)nc5)nc4n32)c1. The van der Waals surface area contributed by atoms with Crippen molar-refractivity contribution in [2.45, 2.75) is 52.2 Å². The van der Waals surface area contributed by atoms with Crippen LogP contribution in [0.2, 0.25) is 0 Å². The van der Waals surface area contributed by atoms with Gasteiger partial charge in [0.15, 0.2) is 11.5 Å². The van der Waals surface area contributed by atoms with Crippen LogP contribution in [0.5, 0.6) is 0 Å². The number of pyridine rings is 1. The zero-order valence-corrected chi connectivity index (χ0v) is 17.7. The third-order valence-electron chi connectivity index (χ3n) is 5.85. The molecular weight excluding hydrogens is 374 g/mol. The second kappa shape index (κ2) is 6.71. The Labute approximate surface area is 175 Å². The van der Waals surface area contributed by atoms with Gasteiger partial charge >= 0.3 is 0 Å². The molecule has 3 aromatic heterocycles. The largest absolute Gasteiger partial charge is 0.382 e. The molecule has 1 aromatic carbocycles. The topological polar surface area (TPSA) is 76.7 Å². The molecule has 30 heavy (non-hydrogen) atoms. The number of nitrogens with zero attached hydrogens (tertiary/aromatic N) is 5. The Hall–Kier alpha value is -3.12. The lowest BCUT2D eigenvalue weighted by Crippen LogP contribution is -2.19. The van der Waals surface area contributed by atoms with Gasteiger partial charge in [0, 0.05) is 24.4 Å². The van der Waals surface area contributed by atoms with E-state index in [4.69, 9.17) is 9.97 Å². The predicted molar refractivity (Wildman–Crippen MR) is 116 cm³/mol. The van der Waals surface area contributed by atoms with Gasteiger partial charge in [0.05, 0.1) is 11.7 Å². The lowest BCUT2D eigenvalue weighted by atomic mass is 9.97. The Morgan fingerprint density at radius 3 is 2.53 bits per heavy atom. The molecule has 5 rings (SSSR count). The van der Waals surface area contributed by atoms with Crippen LogP contribution in [0.4, 0.5) is 0 Å². The van der Waals surface area contributed by atoms with Gasteiger partial charge in [-0.15, -0.1) is 0 Å². The molecule has 0 spiro atoms. The highest BCUT2D eigenvalue weighted by Crippen LogP contribution is 2.37. The molecule has 0 radical (unpaired) electrons. The number of fused-ring (bicyclic) bond motifs is 3. The maximum Gasteiger partial charge on any atom is 0.161 e. The number of hydrogen-bond acceptors (Lipinski definition) is 5. The molecule has 0 saturated heterocycles. The quantitative estimate of drug-likeness (QED) is 0.557. The summed E-state index contributed by atoms with van der Waals surface area (Å²) in [5.41, 5.74) is 6.29. The molecule has 0 bridgehead atoms. The van der Waals surface area contributed by atoms with Gasteiger partial charge in [-0.2, -0.15) is 0 Å². The van der Waals surface area contributed by atoms with Gasteiger partial charge in [-0.1, -0.05) is 23.8 Å². The van der Waals surface area contributed by atoms with Gasteiger partial charge in [0.2, 0.25) is 0 Å². The van der Waals surface area contributed by atoms with Gasteiger partial charge in [0.25, 0.3) is 0 Å². The van der Waals surface area contributed by atoms with Crippen molar-refractivity contribution in [1.82, 2.24) is 24.5 Å². The van der Waals surface area contributed by atoms with Crippen molar-refractivity contribution in [3.05, 3.63) is 71.1 Å². The number of aromatic nitrogens is 5. The lowest BCUT2D eigenvalue weighted by Gasteiger charge is -2.18. The summed E-state index contributed by atoms with van der Waals surface area (Å²) in [5.74, 6) is 1.49. The van der Waals surface area contributed by atoms with Gasteiger partial charge in [-0.05, 0) is 57.4 Å². The van der Waals surface area contributed by atoms with E-state index in [1.807, 2.05) is 12.1 Å². The van der Waals surface area contributed by atoms with E-state index >= 15 is 0 Å². The number of aryl methyl sites for hydroxylation is 3. The third-order valence-corrected chi connectivity index (χ3v) is 5.85. The van der Waals surface area contributed by atoms with Crippen LogP contribution in [0, 0.1) is 13.8 Å². The molecule has 6 nitrogen and oxygen atoms in total. The number of benzene rings is 1. The Balaban J connectivity index is 1.60. The first-order chi connectivity index (χ1) is 14.3. The van der Waals surface area contributed by atoms with Crippen LogP contribution in [0.1, 0.15) is 54.6 Å². The van der Waals surface area contributed by atoms with Gasteiger partial charge in [-0.25, -0.2) is 19.9 Å². The van der Waals surface area contributed by atoms with E-state index in [9.17, 15) is 5.11 Å². The van der Waals surface area contributed by atoms with E-state index in [0.717, 1.165) is 41.1 Å². The average molecular weight is 399 g/mol. The fourth-order valence-electron chi connectivity index (χ4n) is 4.27. The minimum Gasteiger partial charge on any atom is -0.382 e. The van der Waals surface area contributed by atoms with Gasteiger partial charge in [-0.3, -0.25) is 0 Å². The molecule has 0 aliphatic carbocycles. The zero-order chi connectivity index (χ0) is 21.0. The first-order valence-electron chi connectivity index (χ1n) is 10.3. The zero-order valence-electron chi connectivity index (χ0n) is 17.7. The van der Waals surface area contributed by atoms with E-state index in [1.54, 1.807) is 26.2 Å². The normalized spacial score (nSPS) is 16.2. The van der Waals surface area contributed by atoms with Crippen LogP contribution in [0.15, 0.2) is 42.7 Å². The Kier molecular flexibility index (Phi) is 4.22. The van der Waals surface area contributed by atoms with Crippen molar-refractivity contribution in [3.8, 4) is 11.3 Å². The summed E-state index contributed by atoms with van der Waals surface area (Å²) in [6.07, 6.45) is 5.43. The molecule has 1 aliphatic heterocycles. The first kappa shape index (κ1) is 18.9. The van der Waals surface area contributed by atoms with E-state index in [0.29, 0.717) is 5.82 Å². The highest BCUT2D eigenvalue weighted by atomic mass is 16.3. The van der Waals surface area contributed by atoms with E-state index in [2.05, 4.69) is 46.6 Å². The maximum absolute atomic E-state index is 10.1. The summed E-state index contributed by atoms with van der Waals surface area (Å²) in [4.78, 5) is 18.4. The molecule has 1 atom stereocenters. The highest BCUT2D eigenvalue weighted by Gasteiger charge is 2.29. The molecule has 0 amide bonds. The molecule has 0 saturated carbocycles. The summed E-state index contributed by atoms with van der Waals surface area (Å²) >= 11 is 0. The van der Waals surface area contributed by atoms with E-state index < -0.39 is 5.60 Å². The predicted octanol–water partition coefficient (Wildman–Crippen LogP) is 4.27. The van der Waals surface area contributed by atoms with Crippen molar-refractivity contribution in [2.75, 3.05) is 0 Å². The molecule has 4 heterocycles. The number of hydrogen-bond donors (Lipinski definition) is 1. The second-order valence-electron chi connectivity index (χ2n) is 8.71. The van der Waals surface area contributed by atoms with Gasteiger partial charge < -0.3 is 9.67 Å². The van der Waals surface area contributed by atoms with Crippen LogP contribution in [0.25, 0.3) is 22.4 Å². The number of rotatable bonds is 3. The molecular formula is C24H25N5O. The van der Waals surface area contributed by atoms with Crippen molar-refractivity contribution < 1.29 is 5.11 Å². The van der Waals surface area contributed by atoms with Crippen molar-refractivity contribution >= 4 is 11.2 Å². The second-order valence-corrected chi connectivity index (χ2v) is 8.71. The average Bonchev–Trinajstić information content (AvgIpc) is 3.28. The maximum atomic E-state index is 10.1. The Bertz CT molecular complexity index is 1250. The van der Waals surface area contributed by atoms with Crippen LogP contribution in [-0.4, -0.2) is 29.6 Å². The lowest BCUT2D eigenvalue weighted by molar-refractivity contribution is 0.0687. The van der Waals surface area contributed by atoms with Crippen molar-refractivity contribution in [3.63, 3.8) is 0 Å². The standard InChI is InChI=1S/C24H25N5O/c1-14-5-6-15(2)17(11-14)20-9-10-21-27-19-8-7-18(28-22(19)29(20)21)16-12-25-23(26-13-16)24(3,4)30/h5-8,11-13,20,30H,9-10H2,1-4H3. The summed E-state index contributed by atoms with van der Waals surface area (Å²) in [5, 5.41) is 10.1. The fourth-order valence-corrected chi connectivity index (χ4v) is 4.27. The third kappa shape index (κ3) is 3.08. The molecule has 1 N–H and O–H groups in total. The molecule has 4 aromatic rings. The number of imidazole rings is 1. The van der Waals surface area contributed by atoms with Crippen LogP contribution in [-0.2, 0) is 12.0 Å². The Morgan fingerprint density at radius 1 is 1.03 bits per heavy atom. The minimum absolute atomic E-state index is 0.251. The molecule has 0 fully saturated rings. The van der Waals surface area contributed by atoms with E-state index in [-0.39, 0.29) is 6.04 Å². The molecule has 1 unspecified atom stereocenters. The van der Waals surface area contributed by atoms with Crippen molar-refractivity contribution in [1.29, 1.82) is 0 Å². The smallest absolute Gasteiger partial charge is 0.161 e.